The molecule has 2 aromatic carbocycles. The minimum Gasteiger partial charge on any atom is -0.505 e. The highest BCUT2D eigenvalue weighted by Gasteiger charge is 2.23. The van der Waals surface area contributed by atoms with Gasteiger partial charge in [-0.15, -0.1) is 0 Å². The van der Waals surface area contributed by atoms with Crippen LogP contribution in [0, 0.1) is 5.82 Å². The number of rotatable bonds is 5. The second-order valence-electron chi connectivity index (χ2n) is 7.53. The lowest BCUT2D eigenvalue weighted by atomic mass is 9.98. The number of benzene rings is 2. The Balaban J connectivity index is 1.75. The Morgan fingerprint density at radius 2 is 1.81 bits per heavy atom. The molecule has 1 aromatic heterocycles. The molecule has 2 heterocycles. The van der Waals surface area contributed by atoms with Crippen molar-refractivity contribution in [3.05, 3.63) is 70.7 Å². The Kier molecular flexibility index (Phi) is 5.81. The molecule has 0 unspecified atom stereocenters. The van der Waals surface area contributed by atoms with Crippen molar-refractivity contribution in [1.82, 2.24) is 10.3 Å². The van der Waals surface area contributed by atoms with Gasteiger partial charge in [0.15, 0.2) is 5.75 Å². The van der Waals surface area contributed by atoms with Crippen LogP contribution in [0.2, 0.25) is 0 Å². The molecule has 0 atom stereocenters. The number of carbonyl (C=O) groups is 2. The third-order valence-corrected chi connectivity index (χ3v) is 5.36. The summed E-state index contributed by atoms with van der Waals surface area (Å²) in [5, 5.41) is 23.2. The van der Waals surface area contributed by atoms with E-state index in [0.29, 0.717) is 37.9 Å². The van der Waals surface area contributed by atoms with Gasteiger partial charge >= 0.3 is 5.97 Å². The molecule has 3 N–H and O–H groups in total. The van der Waals surface area contributed by atoms with Crippen LogP contribution in [0.5, 0.6) is 5.75 Å². The molecule has 1 aliphatic rings. The van der Waals surface area contributed by atoms with E-state index in [1.54, 1.807) is 18.2 Å². The Bertz CT molecular complexity index is 1140. The highest BCUT2D eigenvalue weighted by Crippen LogP contribution is 2.31. The predicted octanol–water partition coefficient (Wildman–Crippen LogP) is 3.28. The fourth-order valence-corrected chi connectivity index (χ4v) is 3.71. The number of carboxylic acid groups (broad SMARTS) is 1. The zero-order valence-electron chi connectivity index (χ0n) is 16.6. The van der Waals surface area contributed by atoms with E-state index in [9.17, 15) is 24.2 Å². The van der Waals surface area contributed by atoms with Gasteiger partial charge in [0, 0.05) is 36.4 Å². The first kappa shape index (κ1) is 20.7. The average molecular weight is 424 g/mol. The van der Waals surface area contributed by atoms with Crippen molar-refractivity contribution in [2.45, 2.75) is 25.3 Å². The first-order chi connectivity index (χ1) is 14.9. The van der Waals surface area contributed by atoms with Crippen LogP contribution in [0.4, 0.5) is 4.39 Å². The van der Waals surface area contributed by atoms with Crippen molar-refractivity contribution in [2.75, 3.05) is 13.2 Å². The maximum Gasteiger partial charge on any atom is 0.339 e. The number of hydrogen-bond acceptors (Lipinski definition) is 5. The second-order valence-corrected chi connectivity index (χ2v) is 7.53. The van der Waals surface area contributed by atoms with Crippen LogP contribution < -0.4 is 5.32 Å². The van der Waals surface area contributed by atoms with E-state index in [-0.39, 0.29) is 28.5 Å². The molecule has 3 aromatic rings. The molecule has 1 amide bonds. The average Bonchev–Trinajstić information content (AvgIpc) is 2.76. The summed E-state index contributed by atoms with van der Waals surface area (Å²) in [6.07, 6.45) is 3.28. The Morgan fingerprint density at radius 3 is 2.48 bits per heavy atom. The SMILES string of the molecule is O=C(O)c1cc(C(=O)NC2CCOCC2)c2cc(Cc3ccc(F)cc3)cnc2c1O. The summed E-state index contributed by atoms with van der Waals surface area (Å²) in [7, 11) is 0. The van der Waals surface area contributed by atoms with E-state index in [0.717, 1.165) is 11.1 Å². The Morgan fingerprint density at radius 1 is 1.10 bits per heavy atom. The molecule has 1 saturated heterocycles. The highest BCUT2D eigenvalue weighted by atomic mass is 19.1. The van der Waals surface area contributed by atoms with Crippen LogP contribution in [0.3, 0.4) is 0 Å². The quantitative estimate of drug-likeness (QED) is 0.580. The molecule has 0 radical (unpaired) electrons. The van der Waals surface area contributed by atoms with E-state index < -0.39 is 17.6 Å². The summed E-state index contributed by atoms with van der Waals surface area (Å²) < 4.78 is 18.5. The van der Waals surface area contributed by atoms with E-state index in [4.69, 9.17) is 4.74 Å². The first-order valence-corrected chi connectivity index (χ1v) is 9.93. The van der Waals surface area contributed by atoms with Gasteiger partial charge in [-0.1, -0.05) is 12.1 Å². The van der Waals surface area contributed by atoms with Crippen LogP contribution >= 0.6 is 0 Å². The van der Waals surface area contributed by atoms with Crippen molar-refractivity contribution >= 4 is 22.8 Å². The third-order valence-electron chi connectivity index (χ3n) is 5.36. The van der Waals surface area contributed by atoms with Crippen LogP contribution in [0.15, 0.2) is 42.6 Å². The van der Waals surface area contributed by atoms with Crippen LogP contribution in [0.25, 0.3) is 10.9 Å². The molecule has 1 fully saturated rings. The monoisotopic (exact) mass is 424 g/mol. The van der Waals surface area contributed by atoms with Crippen molar-refractivity contribution < 1.29 is 28.9 Å². The van der Waals surface area contributed by atoms with Gasteiger partial charge < -0.3 is 20.3 Å². The summed E-state index contributed by atoms with van der Waals surface area (Å²) in [6.45, 7) is 1.09. The maximum absolute atomic E-state index is 13.2. The number of amides is 1. The van der Waals surface area contributed by atoms with E-state index in [1.807, 2.05) is 0 Å². The van der Waals surface area contributed by atoms with Gasteiger partial charge in [0.05, 0.1) is 0 Å². The van der Waals surface area contributed by atoms with Crippen molar-refractivity contribution in [3.63, 3.8) is 0 Å². The molecule has 1 aliphatic heterocycles. The van der Waals surface area contributed by atoms with Crippen molar-refractivity contribution in [1.29, 1.82) is 0 Å². The van der Waals surface area contributed by atoms with Gasteiger partial charge in [0.2, 0.25) is 0 Å². The summed E-state index contributed by atoms with van der Waals surface area (Å²) in [4.78, 5) is 28.9. The zero-order valence-corrected chi connectivity index (χ0v) is 16.6. The molecule has 0 aliphatic carbocycles. The molecule has 0 saturated carbocycles. The van der Waals surface area contributed by atoms with Crippen LogP contribution in [-0.4, -0.2) is 46.3 Å². The number of pyridine rings is 1. The summed E-state index contributed by atoms with van der Waals surface area (Å²) in [6, 6.07) is 8.85. The van der Waals surface area contributed by atoms with Gasteiger partial charge in [-0.25, -0.2) is 9.18 Å². The summed E-state index contributed by atoms with van der Waals surface area (Å²) in [5.74, 6) is -2.60. The Labute approximate surface area is 177 Å². The largest absolute Gasteiger partial charge is 0.505 e. The smallest absolute Gasteiger partial charge is 0.339 e. The number of fused-ring (bicyclic) bond motifs is 1. The molecule has 160 valence electrons. The zero-order chi connectivity index (χ0) is 22.0. The van der Waals surface area contributed by atoms with Crippen molar-refractivity contribution in [2.24, 2.45) is 0 Å². The minimum absolute atomic E-state index is 0.0416. The van der Waals surface area contributed by atoms with Crippen molar-refractivity contribution in [3.8, 4) is 5.75 Å². The van der Waals surface area contributed by atoms with Crippen LogP contribution in [0.1, 0.15) is 44.7 Å². The molecule has 4 rings (SSSR count). The number of carboxylic acids is 1. The standard InChI is InChI=1S/C23H21FN2O5/c24-15-3-1-13(2-4-15)9-14-10-17-18(22(28)26-16-5-7-31-8-6-16)11-19(23(29)30)21(27)20(17)25-12-14/h1-4,10-12,16,27H,5-9H2,(H,26,28)(H,29,30). The number of ether oxygens (including phenoxy) is 1. The first-order valence-electron chi connectivity index (χ1n) is 9.93. The number of nitrogens with zero attached hydrogens (tertiary/aromatic N) is 1. The van der Waals surface area contributed by atoms with E-state index in [2.05, 4.69) is 10.3 Å². The minimum atomic E-state index is -1.35. The molecule has 7 nitrogen and oxygen atoms in total. The van der Waals surface area contributed by atoms with Gasteiger partial charge in [-0.2, -0.15) is 0 Å². The fraction of sp³-hybridized carbons (Fsp3) is 0.261. The van der Waals surface area contributed by atoms with Gasteiger partial charge in [0.1, 0.15) is 16.9 Å². The van der Waals surface area contributed by atoms with E-state index >= 15 is 0 Å². The molecular weight excluding hydrogens is 403 g/mol. The van der Waals surface area contributed by atoms with Gasteiger partial charge in [-0.3, -0.25) is 9.78 Å². The number of carbonyl (C=O) groups excluding carboxylic acids is 1. The number of aromatic hydroxyl groups is 1. The number of phenols is 1. The lowest BCUT2D eigenvalue weighted by Gasteiger charge is -2.23. The number of nitrogens with one attached hydrogen (secondary N) is 1. The topological polar surface area (TPSA) is 109 Å². The molecule has 31 heavy (non-hydrogen) atoms. The number of aromatic carboxylic acids is 1. The summed E-state index contributed by atoms with van der Waals surface area (Å²) >= 11 is 0. The highest BCUT2D eigenvalue weighted by molar-refractivity contribution is 6.11. The second kappa shape index (κ2) is 8.69. The number of halogens is 1. The summed E-state index contributed by atoms with van der Waals surface area (Å²) in [5.41, 5.74) is 1.37. The number of aromatic nitrogens is 1. The lowest BCUT2D eigenvalue weighted by Crippen LogP contribution is -2.39. The molecular formula is C23H21FN2O5. The van der Waals surface area contributed by atoms with Gasteiger partial charge in [-0.05, 0) is 54.7 Å². The molecule has 0 spiro atoms. The fourth-order valence-electron chi connectivity index (χ4n) is 3.71. The Hall–Kier alpha value is -3.52. The molecule has 0 bridgehead atoms. The van der Waals surface area contributed by atoms with E-state index in [1.165, 1.54) is 24.4 Å². The maximum atomic E-state index is 13.2. The van der Waals surface area contributed by atoms with Crippen LogP contribution in [-0.2, 0) is 11.2 Å². The van der Waals surface area contributed by atoms with Gasteiger partial charge in [0.25, 0.3) is 5.91 Å². The predicted molar refractivity (Wildman–Crippen MR) is 111 cm³/mol. The normalized spacial score (nSPS) is 14.5. The lowest BCUT2D eigenvalue weighted by molar-refractivity contribution is 0.0692. The third kappa shape index (κ3) is 4.49. The number of hydrogen-bond donors (Lipinski definition) is 3. The molecule has 8 heteroatoms.